The van der Waals surface area contributed by atoms with E-state index in [-0.39, 0.29) is 5.97 Å². The van der Waals surface area contributed by atoms with E-state index in [4.69, 9.17) is 4.74 Å². The van der Waals surface area contributed by atoms with E-state index in [1.807, 2.05) is 6.20 Å². The lowest BCUT2D eigenvalue weighted by molar-refractivity contribution is -0.140. The summed E-state index contributed by atoms with van der Waals surface area (Å²) in [5, 5.41) is 0. The number of carbonyl (C=O) groups excluding carboxylic acids is 1. The zero-order valence-electron chi connectivity index (χ0n) is 15.6. The summed E-state index contributed by atoms with van der Waals surface area (Å²) in [6.07, 6.45) is 4.76. The molecule has 0 saturated carbocycles. The van der Waals surface area contributed by atoms with Gasteiger partial charge in [0.2, 0.25) is 0 Å². The van der Waals surface area contributed by atoms with E-state index in [2.05, 4.69) is 46.1 Å². The highest BCUT2D eigenvalue weighted by atomic mass is 32.1. The molecule has 0 spiro atoms. The molecule has 1 saturated heterocycles. The highest BCUT2D eigenvalue weighted by Gasteiger charge is 2.14. The Kier molecular flexibility index (Phi) is 6.63. The van der Waals surface area contributed by atoms with Gasteiger partial charge in [0.05, 0.1) is 18.5 Å². The van der Waals surface area contributed by atoms with Gasteiger partial charge in [-0.25, -0.2) is 0 Å². The van der Waals surface area contributed by atoms with Crippen LogP contribution in [-0.2, 0) is 28.8 Å². The van der Waals surface area contributed by atoms with Crippen molar-refractivity contribution in [2.45, 2.75) is 26.2 Å². The van der Waals surface area contributed by atoms with E-state index in [1.54, 1.807) is 11.3 Å². The standard InChI is InChI=1S/C20H27N3O2S/c1-16(24)25-14-9-20-8-7-19(26-20)6-4-17-3-5-18(15-21-17)23-12-10-22(2)11-13-23/h3,5,7-8,15H,4,6,9-14H2,1-2H3. The molecule has 26 heavy (non-hydrogen) atoms. The van der Waals surface area contributed by atoms with E-state index in [0.717, 1.165) is 51.1 Å². The monoisotopic (exact) mass is 373 g/mol. The number of nitrogens with zero attached hydrogens (tertiary/aromatic N) is 3. The number of aromatic nitrogens is 1. The summed E-state index contributed by atoms with van der Waals surface area (Å²) in [5.41, 5.74) is 2.36. The van der Waals surface area contributed by atoms with Crippen LogP contribution in [0.3, 0.4) is 0 Å². The summed E-state index contributed by atoms with van der Waals surface area (Å²) in [6.45, 7) is 6.28. The molecule has 2 aromatic rings. The molecular weight excluding hydrogens is 346 g/mol. The SMILES string of the molecule is CC(=O)OCCc1ccc(CCc2ccc(N3CCN(C)CC3)cn2)s1. The van der Waals surface area contributed by atoms with Gasteiger partial charge in [0.15, 0.2) is 0 Å². The predicted octanol–water partition coefficient (Wildman–Crippen LogP) is 2.79. The van der Waals surface area contributed by atoms with Crippen LogP contribution in [0.5, 0.6) is 0 Å². The van der Waals surface area contributed by atoms with Crippen LogP contribution in [0.4, 0.5) is 5.69 Å². The smallest absolute Gasteiger partial charge is 0.302 e. The first-order valence-corrected chi connectivity index (χ1v) is 10.0. The van der Waals surface area contributed by atoms with Crippen LogP contribution < -0.4 is 4.90 Å². The van der Waals surface area contributed by atoms with E-state index in [9.17, 15) is 4.79 Å². The minimum absolute atomic E-state index is 0.215. The molecule has 0 bridgehead atoms. The second-order valence-corrected chi connectivity index (χ2v) is 8.01. The first-order chi connectivity index (χ1) is 12.6. The van der Waals surface area contributed by atoms with Crippen molar-refractivity contribution in [3.8, 4) is 0 Å². The number of piperazine rings is 1. The molecule has 2 aromatic heterocycles. The van der Waals surface area contributed by atoms with Gasteiger partial charge in [-0.2, -0.15) is 0 Å². The largest absolute Gasteiger partial charge is 0.465 e. The van der Waals surface area contributed by atoms with Gasteiger partial charge in [0.25, 0.3) is 0 Å². The summed E-state index contributed by atoms with van der Waals surface area (Å²) in [4.78, 5) is 22.8. The minimum atomic E-state index is -0.215. The number of thiophene rings is 1. The Balaban J connectivity index is 1.46. The van der Waals surface area contributed by atoms with Crippen molar-refractivity contribution in [3.63, 3.8) is 0 Å². The molecule has 3 rings (SSSR count). The Morgan fingerprint density at radius 1 is 1.08 bits per heavy atom. The third-order valence-electron chi connectivity index (χ3n) is 4.68. The fraction of sp³-hybridized carbons (Fsp3) is 0.500. The highest BCUT2D eigenvalue weighted by molar-refractivity contribution is 7.11. The quantitative estimate of drug-likeness (QED) is 0.699. The Morgan fingerprint density at radius 3 is 2.46 bits per heavy atom. The van der Waals surface area contributed by atoms with Gasteiger partial charge in [-0.1, -0.05) is 0 Å². The molecule has 1 fully saturated rings. The second-order valence-electron chi connectivity index (χ2n) is 6.76. The Hall–Kier alpha value is -1.92. The van der Waals surface area contributed by atoms with Crippen LogP contribution in [0.15, 0.2) is 30.5 Å². The van der Waals surface area contributed by atoms with Crippen LogP contribution in [0.2, 0.25) is 0 Å². The number of esters is 1. The van der Waals surface area contributed by atoms with Crippen molar-refractivity contribution in [1.29, 1.82) is 0 Å². The maximum Gasteiger partial charge on any atom is 0.302 e. The summed E-state index contributed by atoms with van der Waals surface area (Å²) < 4.78 is 5.00. The summed E-state index contributed by atoms with van der Waals surface area (Å²) in [7, 11) is 2.17. The molecular formula is C20H27N3O2S. The molecule has 6 heteroatoms. The molecule has 0 radical (unpaired) electrons. The normalized spacial score (nSPS) is 15.2. The molecule has 0 unspecified atom stereocenters. The van der Waals surface area contributed by atoms with E-state index in [0.29, 0.717) is 6.61 Å². The topological polar surface area (TPSA) is 45.7 Å². The van der Waals surface area contributed by atoms with Crippen LogP contribution in [0.1, 0.15) is 22.4 Å². The van der Waals surface area contributed by atoms with Gasteiger partial charge >= 0.3 is 5.97 Å². The number of ether oxygens (including phenoxy) is 1. The van der Waals surface area contributed by atoms with Crippen molar-refractivity contribution in [1.82, 2.24) is 9.88 Å². The number of hydrogen-bond acceptors (Lipinski definition) is 6. The molecule has 5 nitrogen and oxygen atoms in total. The van der Waals surface area contributed by atoms with Crippen molar-refractivity contribution in [2.24, 2.45) is 0 Å². The lowest BCUT2D eigenvalue weighted by atomic mass is 10.2. The number of carbonyl (C=O) groups is 1. The van der Waals surface area contributed by atoms with E-state index >= 15 is 0 Å². The van der Waals surface area contributed by atoms with Crippen molar-refractivity contribution in [2.75, 3.05) is 44.7 Å². The van der Waals surface area contributed by atoms with Crippen molar-refractivity contribution in [3.05, 3.63) is 45.9 Å². The van der Waals surface area contributed by atoms with Crippen molar-refractivity contribution < 1.29 is 9.53 Å². The highest BCUT2D eigenvalue weighted by Crippen LogP contribution is 2.20. The molecule has 0 aromatic carbocycles. The van der Waals surface area contributed by atoms with Crippen LogP contribution in [-0.4, -0.2) is 55.7 Å². The third-order valence-corrected chi connectivity index (χ3v) is 5.88. The first kappa shape index (κ1) is 18.9. The fourth-order valence-corrected chi connectivity index (χ4v) is 4.05. The van der Waals surface area contributed by atoms with Crippen LogP contribution in [0, 0.1) is 0 Å². The van der Waals surface area contributed by atoms with E-state index < -0.39 is 0 Å². The van der Waals surface area contributed by atoms with Crippen LogP contribution in [0.25, 0.3) is 0 Å². The van der Waals surface area contributed by atoms with Crippen LogP contribution >= 0.6 is 11.3 Å². The Morgan fingerprint density at radius 2 is 1.81 bits per heavy atom. The van der Waals surface area contributed by atoms with Gasteiger partial charge < -0.3 is 14.5 Å². The Labute approximate surface area is 159 Å². The first-order valence-electron chi connectivity index (χ1n) is 9.19. The number of anilines is 1. The summed E-state index contributed by atoms with van der Waals surface area (Å²) >= 11 is 1.80. The average molecular weight is 374 g/mol. The molecule has 0 amide bonds. The molecule has 3 heterocycles. The Bertz CT molecular complexity index is 706. The molecule has 140 valence electrons. The van der Waals surface area contributed by atoms with Crippen molar-refractivity contribution >= 4 is 23.0 Å². The van der Waals surface area contributed by atoms with Gasteiger partial charge in [-0.3, -0.25) is 9.78 Å². The van der Waals surface area contributed by atoms with Gasteiger partial charge in [0.1, 0.15) is 0 Å². The lowest BCUT2D eigenvalue weighted by Crippen LogP contribution is -2.44. The molecule has 0 aliphatic carbocycles. The number of likely N-dealkylation sites (N-methyl/N-ethyl adjacent to an activating group) is 1. The molecule has 0 N–H and O–H groups in total. The predicted molar refractivity (Wildman–Crippen MR) is 106 cm³/mol. The summed E-state index contributed by atoms with van der Waals surface area (Å²) in [6, 6.07) is 8.66. The number of hydrogen-bond donors (Lipinski definition) is 0. The zero-order chi connectivity index (χ0) is 18.4. The second kappa shape index (κ2) is 9.14. The lowest BCUT2D eigenvalue weighted by Gasteiger charge is -2.33. The average Bonchev–Trinajstić information content (AvgIpc) is 3.09. The fourth-order valence-electron chi connectivity index (χ4n) is 3.05. The van der Waals surface area contributed by atoms with Gasteiger partial charge in [-0.05, 0) is 44.2 Å². The third kappa shape index (κ3) is 5.54. The zero-order valence-corrected chi connectivity index (χ0v) is 16.4. The number of rotatable bonds is 7. The maximum absolute atomic E-state index is 10.8. The number of aryl methyl sites for hydroxylation is 2. The minimum Gasteiger partial charge on any atom is -0.465 e. The number of pyridine rings is 1. The molecule has 0 atom stereocenters. The molecule has 1 aliphatic rings. The van der Waals surface area contributed by atoms with E-state index in [1.165, 1.54) is 22.4 Å². The van der Waals surface area contributed by atoms with Gasteiger partial charge in [-0.15, -0.1) is 11.3 Å². The maximum atomic E-state index is 10.8. The molecule has 1 aliphatic heterocycles. The summed E-state index contributed by atoms with van der Waals surface area (Å²) in [5.74, 6) is -0.215. The van der Waals surface area contributed by atoms with Gasteiger partial charge in [0, 0.05) is 55.0 Å².